The minimum atomic E-state index is 0.880. The maximum Gasteiger partial charge on any atom is 0.0589 e. The molecular weight excluding hydrogens is 164 g/mol. The van der Waals surface area contributed by atoms with Gasteiger partial charge in [-0.15, -0.1) is 0 Å². The van der Waals surface area contributed by atoms with E-state index in [1.807, 2.05) is 0 Å². The first kappa shape index (κ1) is 9.44. The lowest BCUT2D eigenvalue weighted by Gasteiger charge is -2.34. The van der Waals surface area contributed by atoms with Crippen LogP contribution in [0.3, 0.4) is 0 Å². The Morgan fingerprint density at radius 3 is 3.08 bits per heavy atom. The van der Waals surface area contributed by atoms with Crippen molar-refractivity contribution < 1.29 is 4.74 Å². The second-order valence-electron chi connectivity index (χ2n) is 4.26. The number of ether oxygens (including phenoxy) is 1. The summed E-state index contributed by atoms with van der Waals surface area (Å²) >= 11 is 0. The number of likely N-dealkylation sites (tertiary alicyclic amines) is 1. The molecule has 2 aliphatic rings. The van der Waals surface area contributed by atoms with Crippen LogP contribution in [-0.2, 0) is 4.74 Å². The Hall–Kier alpha value is -0.120. The molecule has 0 saturated carbocycles. The fraction of sp³-hybridized carbons (Fsp3) is 1.00. The van der Waals surface area contributed by atoms with Crippen molar-refractivity contribution >= 4 is 0 Å². The maximum absolute atomic E-state index is 5.10. The molecule has 0 spiro atoms. The predicted molar refractivity (Wildman–Crippen MR) is 52.8 cm³/mol. The standard InChI is InChI=1S/C10H20N2O/c1-13-5-4-12-3-2-9-6-11-7-10(9)8-12/h9-11H,2-8H2,1H3. The first-order valence-electron chi connectivity index (χ1n) is 5.32. The van der Waals surface area contributed by atoms with Crippen LogP contribution in [0.1, 0.15) is 6.42 Å². The molecule has 0 aliphatic carbocycles. The molecule has 2 unspecified atom stereocenters. The molecule has 0 bridgehead atoms. The Balaban J connectivity index is 1.76. The summed E-state index contributed by atoms with van der Waals surface area (Å²) in [5.74, 6) is 1.87. The van der Waals surface area contributed by atoms with Crippen molar-refractivity contribution in [2.75, 3.05) is 46.4 Å². The number of methoxy groups -OCH3 is 1. The molecule has 2 aliphatic heterocycles. The molecule has 1 N–H and O–H groups in total. The van der Waals surface area contributed by atoms with E-state index in [1.165, 1.54) is 32.6 Å². The summed E-state index contributed by atoms with van der Waals surface area (Å²) in [7, 11) is 1.78. The van der Waals surface area contributed by atoms with Gasteiger partial charge >= 0.3 is 0 Å². The zero-order chi connectivity index (χ0) is 9.10. The molecule has 0 radical (unpaired) electrons. The van der Waals surface area contributed by atoms with Crippen LogP contribution in [0.5, 0.6) is 0 Å². The molecule has 2 fully saturated rings. The minimum Gasteiger partial charge on any atom is -0.383 e. The molecule has 2 rings (SSSR count). The maximum atomic E-state index is 5.10. The summed E-state index contributed by atoms with van der Waals surface area (Å²) in [6, 6.07) is 0. The van der Waals surface area contributed by atoms with Crippen molar-refractivity contribution in [1.29, 1.82) is 0 Å². The summed E-state index contributed by atoms with van der Waals surface area (Å²) in [6.07, 6.45) is 1.38. The van der Waals surface area contributed by atoms with Crippen molar-refractivity contribution in [2.24, 2.45) is 11.8 Å². The van der Waals surface area contributed by atoms with Crippen LogP contribution >= 0.6 is 0 Å². The highest BCUT2D eigenvalue weighted by Crippen LogP contribution is 2.25. The van der Waals surface area contributed by atoms with Gasteiger partial charge in [-0.25, -0.2) is 0 Å². The van der Waals surface area contributed by atoms with Crippen LogP contribution in [0.4, 0.5) is 0 Å². The molecule has 0 amide bonds. The van der Waals surface area contributed by atoms with Gasteiger partial charge in [0, 0.05) is 20.2 Å². The van der Waals surface area contributed by atoms with E-state index in [4.69, 9.17) is 4.74 Å². The van der Waals surface area contributed by atoms with Crippen molar-refractivity contribution in [3.8, 4) is 0 Å². The minimum absolute atomic E-state index is 0.880. The average Bonchev–Trinajstić information content (AvgIpc) is 2.61. The lowest BCUT2D eigenvalue weighted by molar-refractivity contribution is 0.102. The molecule has 2 saturated heterocycles. The van der Waals surface area contributed by atoms with Crippen molar-refractivity contribution in [1.82, 2.24) is 10.2 Å². The number of nitrogens with one attached hydrogen (secondary N) is 1. The molecule has 76 valence electrons. The number of piperidine rings is 1. The smallest absolute Gasteiger partial charge is 0.0589 e. The summed E-state index contributed by atoms with van der Waals surface area (Å²) in [5, 5.41) is 3.48. The largest absolute Gasteiger partial charge is 0.383 e. The average molecular weight is 184 g/mol. The third-order valence-corrected chi connectivity index (χ3v) is 3.40. The molecule has 13 heavy (non-hydrogen) atoms. The SMILES string of the molecule is COCCN1CCC2CNCC2C1. The quantitative estimate of drug-likeness (QED) is 0.677. The Labute approximate surface area is 80.4 Å². The van der Waals surface area contributed by atoms with Gasteiger partial charge in [-0.1, -0.05) is 0 Å². The summed E-state index contributed by atoms with van der Waals surface area (Å²) in [4.78, 5) is 2.54. The van der Waals surface area contributed by atoms with Crippen molar-refractivity contribution in [2.45, 2.75) is 6.42 Å². The van der Waals surface area contributed by atoms with E-state index < -0.39 is 0 Å². The zero-order valence-corrected chi connectivity index (χ0v) is 8.46. The number of hydrogen-bond donors (Lipinski definition) is 1. The zero-order valence-electron chi connectivity index (χ0n) is 8.46. The number of hydrogen-bond acceptors (Lipinski definition) is 3. The Kier molecular flexibility index (Phi) is 3.19. The molecular formula is C10H20N2O. The van der Waals surface area contributed by atoms with E-state index in [0.29, 0.717) is 0 Å². The second-order valence-corrected chi connectivity index (χ2v) is 4.26. The lowest BCUT2D eigenvalue weighted by atomic mass is 9.89. The first-order chi connectivity index (χ1) is 6.40. The Morgan fingerprint density at radius 1 is 1.38 bits per heavy atom. The summed E-state index contributed by atoms with van der Waals surface area (Å²) in [5.41, 5.74) is 0. The van der Waals surface area contributed by atoms with Gasteiger partial charge in [-0.05, 0) is 37.9 Å². The Morgan fingerprint density at radius 2 is 2.23 bits per heavy atom. The number of nitrogens with zero attached hydrogens (tertiary/aromatic N) is 1. The molecule has 0 aromatic carbocycles. The summed E-state index contributed by atoms with van der Waals surface area (Å²) < 4.78 is 5.10. The van der Waals surface area contributed by atoms with Crippen molar-refractivity contribution in [3.63, 3.8) is 0 Å². The van der Waals surface area contributed by atoms with Crippen molar-refractivity contribution in [3.05, 3.63) is 0 Å². The fourth-order valence-corrected chi connectivity index (χ4v) is 2.53. The van der Waals surface area contributed by atoms with Crippen LogP contribution in [0.25, 0.3) is 0 Å². The topological polar surface area (TPSA) is 24.5 Å². The molecule has 3 heteroatoms. The highest BCUT2D eigenvalue weighted by Gasteiger charge is 2.32. The van der Waals surface area contributed by atoms with E-state index >= 15 is 0 Å². The third-order valence-electron chi connectivity index (χ3n) is 3.40. The fourth-order valence-electron chi connectivity index (χ4n) is 2.53. The van der Waals surface area contributed by atoms with Gasteiger partial charge in [0.25, 0.3) is 0 Å². The first-order valence-corrected chi connectivity index (χ1v) is 5.32. The third kappa shape index (κ3) is 2.22. The molecule has 0 aromatic heterocycles. The van der Waals surface area contributed by atoms with Gasteiger partial charge in [-0.3, -0.25) is 0 Å². The van der Waals surface area contributed by atoms with E-state index in [0.717, 1.165) is 25.0 Å². The van der Waals surface area contributed by atoms with E-state index in [1.54, 1.807) is 7.11 Å². The van der Waals surface area contributed by atoms with E-state index in [2.05, 4.69) is 10.2 Å². The normalized spacial score (nSPS) is 34.8. The lowest BCUT2D eigenvalue weighted by Crippen LogP contribution is -2.41. The van der Waals surface area contributed by atoms with E-state index in [-0.39, 0.29) is 0 Å². The molecule has 0 aromatic rings. The van der Waals surface area contributed by atoms with Crippen LogP contribution < -0.4 is 5.32 Å². The van der Waals surface area contributed by atoms with E-state index in [9.17, 15) is 0 Å². The predicted octanol–water partition coefficient (Wildman–Crippen LogP) is 0.174. The van der Waals surface area contributed by atoms with Crippen LogP contribution in [0.2, 0.25) is 0 Å². The van der Waals surface area contributed by atoms with Gasteiger partial charge in [0.15, 0.2) is 0 Å². The molecule has 2 heterocycles. The monoisotopic (exact) mass is 184 g/mol. The van der Waals surface area contributed by atoms with Crippen LogP contribution in [0.15, 0.2) is 0 Å². The Bertz CT molecular complexity index is 163. The number of rotatable bonds is 3. The highest BCUT2D eigenvalue weighted by molar-refractivity contribution is 4.87. The second kappa shape index (κ2) is 4.40. The highest BCUT2D eigenvalue weighted by atomic mass is 16.5. The van der Waals surface area contributed by atoms with Crippen LogP contribution in [0, 0.1) is 11.8 Å². The van der Waals surface area contributed by atoms with Gasteiger partial charge in [0.1, 0.15) is 0 Å². The molecule has 3 nitrogen and oxygen atoms in total. The van der Waals surface area contributed by atoms with Gasteiger partial charge < -0.3 is 15.0 Å². The van der Waals surface area contributed by atoms with Crippen LogP contribution in [-0.4, -0.2) is 51.3 Å². The van der Waals surface area contributed by atoms with Gasteiger partial charge in [0.2, 0.25) is 0 Å². The van der Waals surface area contributed by atoms with Gasteiger partial charge in [-0.2, -0.15) is 0 Å². The molecule has 2 atom stereocenters. The van der Waals surface area contributed by atoms with Gasteiger partial charge in [0.05, 0.1) is 6.61 Å². The number of fused-ring (bicyclic) bond motifs is 1. The summed E-state index contributed by atoms with van der Waals surface area (Å²) in [6.45, 7) is 7.02.